The molecule has 0 radical (unpaired) electrons. The molecule has 2 rings (SSSR count). The van der Waals surface area contributed by atoms with Crippen molar-refractivity contribution in [1.82, 2.24) is 9.80 Å². The van der Waals surface area contributed by atoms with Gasteiger partial charge in [0, 0.05) is 31.2 Å². The molecule has 94 valence electrons. The molecule has 1 amide bonds. The Morgan fingerprint density at radius 1 is 1.39 bits per heavy atom. The third-order valence-electron chi connectivity index (χ3n) is 3.33. The van der Waals surface area contributed by atoms with Crippen LogP contribution in [-0.2, 0) is 0 Å². The van der Waals surface area contributed by atoms with Crippen molar-refractivity contribution < 1.29 is 4.79 Å². The molecule has 0 aliphatic carbocycles. The van der Waals surface area contributed by atoms with E-state index in [1.807, 2.05) is 35.2 Å². The van der Waals surface area contributed by atoms with Gasteiger partial charge in [-0.1, -0.05) is 18.2 Å². The summed E-state index contributed by atoms with van der Waals surface area (Å²) in [5.41, 5.74) is 0.739. The molecule has 0 unspecified atom stereocenters. The average Bonchev–Trinajstić information content (AvgIpc) is 2.41. The summed E-state index contributed by atoms with van der Waals surface area (Å²) in [5, 5.41) is 0. The number of rotatable bonds is 2. The predicted octanol–water partition coefficient (Wildman–Crippen LogP) is 1.71. The molecule has 1 aliphatic heterocycles. The molecule has 4 heteroatoms. The summed E-state index contributed by atoms with van der Waals surface area (Å²) in [6, 6.07) is 9.61. The molecule has 0 spiro atoms. The number of piperazine rings is 1. The maximum atomic E-state index is 12.3. The molecule has 1 heterocycles. The molecule has 1 aromatic rings. The zero-order valence-electron chi connectivity index (χ0n) is 10.5. The van der Waals surface area contributed by atoms with Gasteiger partial charge in [-0.25, -0.2) is 11.5 Å². The van der Waals surface area contributed by atoms with Gasteiger partial charge in [0.1, 0.15) is 0 Å². The summed E-state index contributed by atoms with van der Waals surface area (Å²) in [6.45, 7) is 11.6. The van der Waals surface area contributed by atoms with Crippen LogP contribution in [0.25, 0.3) is 4.85 Å². The standard InChI is InChI=1S/C14H17N3O/c1-12-10-16(8-9-17(12)11-15-2)14(18)13-6-4-3-5-7-13/h3-7,12H,8-11H2,1H3/t12-/m1/s1. The van der Waals surface area contributed by atoms with Crippen molar-refractivity contribution in [3.63, 3.8) is 0 Å². The largest absolute Gasteiger partial charge is 0.336 e. The number of hydrogen-bond donors (Lipinski definition) is 0. The Labute approximate surface area is 108 Å². The molecule has 1 fully saturated rings. The lowest BCUT2D eigenvalue weighted by Crippen LogP contribution is -2.53. The minimum atomic E-state index is 0.0879. The van der Waals surface area contributed by atoms with Crippen molar-refractivity contribution in [2.45, 2.75) is 13.0 Å². The van der Waals surface area contributed by atoms with Gasteiger partial charge in [0.05, 0.1) is 0 Å². The highest BCUT2D eigenvalue weighted by atomic mass is 16.2. The van der Waals surface area contributed by atoms with Gasteiger partial charge in [-0.05, 0) is 19.1 Å². The van der Waals surface area contributed by atoms with E-state index in [9.17, 15) is 4.79 Å². The third-order valence-corrected chi connectivity index (χ3v) is 3.33. The van der Waals surface area contributed by atoms with Crippen LogP contribution in [0.15, 0.2) is 30.3 Å². The van der Waals surface area contributed by atoms with E-state index in [0.717, 1.165) is 12.1 Å². The highest BCUT2D eigenvalue weighted by Gasteiger charge is 2.28. The van der Waals surface area contributed by atoms with E-state index >= 15 is 0 Å². The minimum Gasteiger partial charge on any atom is -0.336 e. The number of nitrogens with zero attached hydrogens (tertiary/aromatic N) is 3. The fraction of sp³-hybridized carbons (Fsp3) is 0.429. The molecular weight excluding hydrogens is 226 g/mol. The monoisotopic (exact) mass is 243 g/mol. The van der Waals surface area contributed by atoms with Crippen LogP contribution in [0.5, 0.6) is 0 Å². The maximum Gasteiger partial charge on any atom is 0.271 e. The summed E-state index contributed by atoms with van der Waals surface area (Å²) in [5.74, 6) is 0.0879. The first-order chi connectivity index (χ1) is 8.72. The van der Waals surface area contributed by atoms with Gasteiger partial charge >= 0.3 is 0 Å². The lowest BCUT2D eigenvalue weighted by atomic mass is 10.1. The smallest absolute Gasteiger partial charge is 0.271 e. The van der Waals surface area contributed by atoms with Crippen molar-refractivity contribution >= 4 is 5.91 Å². The number of carbonyl (C=O) groups is 1. The van der Waals surface area contributed by atoms with Gasteiger partial charge < -0.3 is 4.90 Å². The van der Waals surface area contributed by atoms with Crippen LogP contribution in [0.1, 0.15) is 17.3 Å². The molecular formula is C14H17N3O. The fourth-order valence-electron chi connectivity index (χ4n) is 2.24. The Kier molecular flexibility index (Phi) is 3.96. The van der Waals surface area contributed by atoms with Crippen LogP contribution in [0.2, 0.25) is 0 Å². The summed E-state index contributed by atoms with van der Waals surface area (Å²) in [6.07, 6.45) is 0. The lowest BCUT2D eigenvalue weighted by molar-refractivity contribution is 0.0541. The number of hydrogen-bond acceptors (Lipinski definition) is 2. The van der Waals surface area contributed by atoms with Crippen molar-refractivity contribution in [2.75, 3.05) is 26.3 Å². The molecule has 0 bridgehead atoms. The Balaban J connectivity index is 2.01. The molecule has 1 atom stereocenters. The van der Waals surface area contributed by atoms with Crippen molar-refractivity contribution in [3.8, 4) is 0 Å². The first kappa shape index (κ1) is 12.6. The summed E-state index contributed by atoms with van der Waals surface area (Å²) < 4.78 is 0. The van der Waals surface area contributed by atoms with Crippen LogP contribution in [0.4, 0.5) is 0 Å². The Morgan fingerprint density at radius 2 is 2.11 bits per heavy atom. The highest BCUT2D eigenvalue weighted by molar-refractivity contribution is 5.94. The Bertz CT molecular complexity index is 452. The second kappa shape index (κ2) is 5.65. The number of amides is 1. The zero-order valence-corrected chi connectivity index (χ0v) is 10.5. The van der Waals surface area contributed by atoms with E-state index in [0.29, 0.717) is 19.8 Å². The van der Waals surface area contributed by atoms with Crippen molar-refractivity contribution in [2.24, 2.45) is 0 Å². The Hall–Kier alpha value is -1.86. The van der Waals surface area contributed by atoms with E-state index in [1.165, 1.54) is 0 Å². The Morgan fingerprint density at radius 3 is 2.72 bits per heavy atom. The molecule has 0 saturated carbocycles. The molecule has 1 aromatic carbocycles. The van der Waals surface area contributed by atoms with Crippen molar-refractivity contribution in [3.05, 3.63) is 47.3 Å². The molecule has 18 heavy (non-hydrogen) atoms. The van der Waals surface area contributed by atoms with Crippen LogP contribution in [-0.4, -0.2) is 48.1 Å². The van der Waals surface area contributed by atoms with E-state index in [2.05, 4.69) is 16.7 Å². The normalized spacial score (nSPS) is 20.4. The van der Waals surface area contributed by atoms with E-state index in [1.54, 1.807) is 0 Å². The molecule has 0 aromatic heterocycles. The van der Waals surface area contributed by atoms with E-state index in [4.69, 9.17) is 6.57 Å². The lowest BCUT2D eigenvalue weighted by Gasteiger charge is -2.37. The van der Waals surface area contributed by atoms with E-state index < -0.39 is 0 Å². The van der Waals surface area contributed by atoms with Gasteiger partial charge in [-0.15, -0.1) is 0 Å². The number of carbonyl (C=O) groups excluding carboxylic acids is 1. The van der Waals surface area contributed by atoms with Gasteiger partial charge in [-0.2, -0.15) is 0 Å². The summed E-state index contributed by atoms with van der Waals surface area (Å²) in [7, 11) is 0. The maximum absolute atomic E-state index is 12.3. The molecule has 0 N–H and O–H groups in total. The minimum absolute atomic E-state index is 0.0879. The SMILES string of the molecule is [C-]#[N+]CN1CCN(C(=O)c2ccccc2)C[C@H]1C. The van der Waals surface area contributed by atoms with E-state index in [-0.39, 0.29) is 11.9 Å². The fourth-order valence-corrected chi connectivity index (χ4v) is 2.24. The van der Waals surface area contributed by atoms with Gasteiger partial charge in [-0.3, -0.25) is 9.64 Å². The topological polar surface area (TPSA) is 27.9 Å². The summed E-state index contributed by atoms with van der Waals surface area (Å²) >= 11 is 0. The molecule has 1 saturated heterocycles. The van der Waals surface area contributed by atoms with Crippen LogP contribution in [0, 0.1) is 6.57 Å². The number of benzene rings is 1. The average molecular weight is 243 g/mol. The molecule has 1 aliphatic rings. The highest BCUT2D eigenvalue weighted by Crippen LogP contribution is 2.13. The first-order valence-corrected chi connectivity index (χ1v) is 6.14. The van der Waals surface area contributed by atoms with Gasteiger partial charge in [0.2, 0.25) is 0 Å². The predicted molar refractivity (Wildman–Crippen MR) is 70.0 cm³/mol. The quantitative estimate of drug-likeness (QED) is 0.740. The molecule has 4 nitrogen and oxygen atoms in total. The second-order valence-corrected chi connectivity index (χ2v) is 4.58. The van der Waals surface area contributed by atoms with Crippen molar-refractivity contribution in [1.29, 1.82) is 0 Å². The van der Waals surface area contributed by atoms with Crippen LogP contribution in [0.3, 0.4) is 0 Å². The second-order valence-electron chi connectivity index (χ2n) is 4.58. The zero-order chi connectivity index (χ0) is 13.0. The first-order valence-electron chi connectivity index (χ1n) is 6.14. The van der Waals surface area contributed by atoms with Gasteiger partial charge in [0.25, 0.3) is 12.6 Å². The summed E-state index contributed by atoms with van der Waals surface area (Å²) in [4.78, 5) is 19.7. The third kappa shape index (κ3) is 2.69. The van der Waals surface area contributed by atoms with Crippen LogP contribution < -0.4 is 0 Å². The van der Waals surface area contributed by atoms with Gasteiger partial charge in [0.15, 0.2) is 0 Å². The van der Waals surface area contributed by atoms with Crippen LogP contribution >= 0.6 is 0 Å².